The molecule has 0 unspecified atom stereocenters. The van der Waals surface area contributed by atoms with E-state index in [1.807, 2.05) is 30.5 Å². The molecule has 10 heteroatoms. The normalized spacial score (nSPS) is 12.6. The lowest BCUT2D eigenvalue weighted by Crippen LogP contribution is -2.24. The van der Waals surface area contributed by atoms with Gasteiger partial charge in [0.2, 0.25) is 0 Å². The third-order valence-electron chi connectivity index (χ3n) is 4.32. The molecule has 0 aliphatic rings. The largest absolute Gasteiger partial charge is 0.497 e. The van der Waals surface area contributed by atoms with Crippen LogP contribution in [-0.2, 0) is 15.6 Å². The smallest absolute Gasteiger partial charge is 0.361 e. The second kappa shape index (κ2) is 7.16. The fourth-order valence-corrected chi connectivity index (χ4v) is 4.77. The number of aromatic nitrogens is 2. The fraction of sp³-hybridized carbons (Fsp3) is 0.105. The van der Waals surface area contributed by atoms with E-state index in [1.54, 1.807) is 5.38 Å². The van der Waals surface area contributed by atoms with Crippen LogP contribution in [0, 0.1) is 0 Å². The molecule has 150 valence electrons. The first-order valence-electron chi connectivity index (χ1n) is 8.25. The zero-order valence-electron chi connectivity index (χ0n) is 14.5. The SMILES string of the molecule is O=S(=O)(Cc1ccc(-c2csc(-c3ccc4cc[nH]c4c3)n2)c(Cl)c1)C(F)(F)F. The van der Waals surface area contributed by atoms with Gasteiger partial charge in [0.15, 0.2) is 0 Å². The molecular weight excluding hydrogens is 445 g/mol. The van der Waals surface area contributed by atoms with E-state index in [2.05, 4.69) is 9.97 Å². The molecule has 1 N–H and O–H groups in total. The third-order valence-corrected chi connectivity index (χ3v) is 6.95. The highest BCUT2D eigenvalue weighted by Crippen LogP contribution is 2.35. The highest BCUT2D eigenvalue weighted by atomic mass is 35.5. The van der Waals surface area contributed by atoms with E-state index in [9.17, 15) is 21.6 Å². The molecule has 4 rings (SSSR count). The summed E-state index contributed by atoms with van der Waals surface area (Å²) in [7, 11) is -5.27. The number of fused-ring (bicyclic) bond motifs is 1. The molecular formula is C19H12ClF3N2O2S2. The second-order valence-corrected chi connectivity index (χ2v) is 9.58. The van der Waals surface area contributed by atoms with Crippen molar-refractivity contribution < 1.29 is 21.6 Å². The summed E-state index contributed by atoms with van der Waals surface area (Å²) in [4.78, 5) is 7.71. The number of aromatic amines is 1. The maximum absolute atomic E-state index is 12.6. The molecule has 2 heterocycles. The van der Waals surface area contributed by atoms with Gasteiger partial charge in [-0.2, -0.15) is 13.2 Å². The zero-order chi connectivity index (χ0) is 20.8. The monoisotopic (exact) mass is 456 g/mol. The molecule has 0 amide bonds. The number of halogens is 4. The lowest BCUT2D eigenvalue weighted by molar-refractivity contribution is -0.0437. The van der Waals surface area contributed by atoms with Crippen molar-refractivity contribution in [3.63, 3.8) is 0 Å². The van der Waals surface area contributed by atoms with Crippen LogP contribution >= 0.6 is 22.9 Å². The summed E-state index contributed by atoms with van der Waals surface area (Å²) in [6, 6.07) is 11.9. The average Bonchev–Trinajstić information content (AvgIpc) is 3.29. The van der Waals surface area contributed by atoms with Crippen LogP contribution in [0.3, 0.4) is 0 Å². The minimum absolute atomic E-state index is 0.0382. The molecule has 0 bridgehead atoms. The number of hydrogen-bond acceptors (Lipinski definition) is 4. The van der Waals surface area contributed by atoms with Crippen LogP contribution in [-0.4, -0.2) is 23.9 Å². The number of rotatable bonds is 4. The Morgan fingerprint density at radius 3 is 2.62 bits per heavy atom. The number of sulfone groups is 1. The Labute approximate surface area is 172 Å². The van der Waals surface area contributed by atoms with E-state index < -0.39 is 21.1 Å². The van der Waals surface area contributed by atoms with E-state index in [-0.39, 0.29) is 10.6 Å². The van der Waals surface area contributed by atoms with E-state index in [1.165, 1.54) is 29.5 Å². The summed E-state index contributed by atoms with van der Waals surface area (Å²) >= 11 is 7.62. The molecule has 2 aromatic carbocycles. The summed E-state index contributed by atoms with van der Waals surface area (Å²) in [5.74, 6) is -1.16. The van der Waals surface area contributed by atoms with Crippen molar-refractivity contribution in [2.24, 2.45) is 0 Å². The van der Waals surface area contributed by atoms with Gasteiger partial charge in [0, 0.05) is 28.2 Å². The van der Waals surface area contributed by atoms with Gasteiger partial charge >= 0.3 is 5.51 Å². The van der Waals surface area contributed by atoms with Crippen molar-refractivity contribution >= 4 is 43.7 Å². The fourth-order valence-electron chi connectivity index (χ4n) is 2.87. The van der Waals surface area contributed by atoms with Gasteiger partial charge in [-0.05, 0) is 29.1 Å². The first-order chi connectivity index (χ1) is 13.6. The van der Waals surface area contributed by atoms with Gasteiger partial charge in [0.1, 0.15) is 5.01 Å². The highest BCUT2D eigenvalue weighted by molar-refractivity contribution is 7.91. The maximum Gasteiger partial charge on any atom is 0.497 e. The van der Waals surface area contributed by atoms with E-state index in [4.69, 9.17) is 11.6 Å². The van der Waals surface area contributed by atoms with Crippen molar-refractivity contribution in [3.8, 4) is 21.8 Å². The molecule has 0 aliphatic heterocycles. The molecule has 0 aliphatic carbocycles. The van der Waals surface area contributed by atoms with E-state index >= 15 is 0 Å². The number of nitrogens with one attached hydrogen (secondary N) is 1. The Hall–Kier alpha value is -2.36. The van der Waals surface area contributed by atoms with E-state index in [0.717, 1.165) is 21.5 Å². The van der Waals surface area contributed by atoms with Crippen LogP contribution < -0.4 is 0 Å². The molecule has 0 saturated carbocycles. The van der Waals surface area contributed by atoms with Gasteiger partial charge in [-0.3, -0.25) is 0 Å². The molecule has 0 saturated heterocycles. The minimum atomic E-state index is -5.30. The summed E-state index contributed by atoms with van der Waals surface area (Å²) in [6.45, 7) is 0. The van der Waals surface area contributed by atoms with Gasteiger partial charge in [0.05, 0.1) is 16.5 Å². The predicted octanol–water partition coefficient (Wildman–Crippen LogP) is 6.05. The molecule has 0 atom stereocenters. The Kier molecular flexibility index (Phi) is 4.92. The Morgan fingerprint density at radius 2 is 1.90 bits per heavy atom. The number of alkyl halides is 3. The van der Waals surface area contributed by atoms with Gasteiger partial charge in [0.25, 0.3) is 9.84 Å². The van der Waals surface area contributed by atoms with Gasteiger partial charge in [-0.15, -0.1) is 11.3 Å². The van der Waals surface area contributed by atoms with Crippen molar-refractivity contribution in [1.82, 2.24) is 9.97 Å². The summed E-state index contributed by atoms with van der Waals surface area (Å²) in [5.41, 5.74) is -2.37. The summed E-state index contributed by atoms with van der Waals surface area (Å²) in [5, 5.41) is 3.77. The first-order valence-corrected chi connectivity index (χ1v) is 11.2. The van der Waals surface area contributed by atoms with Crippen LogP contribution in [0.4, 0.5) is 13.2 Å². The average molecular weight is 457 g/mol. The number of hydrogen-bond donors (Lipinski definition) is 1. The number of H-pyrrole nitrogens is 1. The first kappa shape index (κ1) is 19.9. The summed E-state index contributed by atoms with van der Waals surface area (Å²) < 4.78 is 60.4. The molecule has 4 nitrogen and oxygen atoms in total. The highest BCUT2D eigenvalue weighted by Gasteiger charge is 2.45. The topological polar surface area (TPSA) is 62.8 Å². The molecule has 29 heavy (non-hydrogen) atoms. The number of benzene rings is 2. The predicted molar refractivity (Wildman–Crippen MR) is 109 cm³/mol. The van der Waals surface area contributed by atoms with Crippen LogP contribution in [0.2, 0.25) is 5.02 Å². The Bertz CT molecular complexity index is 1310. The van der Waals surface area contributed by atoms with Crippen LogP contribution in [0.25, 0.3) is 32.7 Å². The standard InChI is InChI=1S/C19H12ClF3N2O2S2/c20-15-7-11(10-29(26,27)19(21,22)23)1-4-14(15)17-9-28-18(25-17)13-3-2-12-5-6-24-16(12)8-13/h1-9,24H,10H2. The molecule has 0 radical (unpaired) electrons. The minimum Gasteiger partial charge on any atom is -0.361 e. The molecule has 4 aromatic rings. The van der Waals surface area contributed by atoms with Crippen molar-refractivity contribution in [1.29, 1.82) is 0 Å². The van der Waals surface area contributed by atoms with Crippen molar-refractivity contribution in [3.05, 3.63) is 64.6 Å². The van der Waals surface area contributed by atoms with Crippen LogP contribution in [0.15, 0.2) is 54.0 Å². The maximum atomic E-state index is 12.6. The van der Waals surface area contributed by atoms with Gasteiger partial charge in [-0.1, -0.05) is 35.9 Å². The second-order valence-electron chi connectivity index (χ2n) is 6.34. The zero-order valence-corrected chi connectivity index (χ0v) is 16.9. The number of thiazole rings is 1. The van der Waals surface area contributed by atoms with Gasteiger partial charge in [-0.25, -0.2) is 13.4 Å². The third kappa shape index (κ3) is 3.90. The van der Waals surface area contributed by atoms with Gasteiger partial charge < -0.3 is 4.98 Å². The van der Waals surface area contributed by atoms with Crippen LogP contribution in [0.5, 0.6) is 0 Å². The van der Waals surface area contributed by atoms with Crippen LogP contribution in [0.1, 0.15) is 5.56 Å². The lowest BCUT2D eigenvalue weighted by Gasteiger charge is -2.09. The molecule has 0 spiro atoms. The molecule has 2 aromatic heterocycles. The van der Waals surface area contributed by atoms with E-state index in [0.29, 0.717) is 11.3 Å². The lowest BCUT2D eigenvalue weighted by atomic mass is 10.1. The Balaban J connectivity index is 1.62. The molecule has 0 fully saturated rings. The van der Waals surface area contributed by atoms with Crippen molar-refractivity contribution in [2.75, 3.05) is 0 Å². The quantitative estimate of drug-likeness (QED) is 0.407. The summed E-state index contributed by atoms with van der Waals surface area (Å²) in [6.07, 6.45) is 1.85. The van der Waals surface area contributed by atoms with Crippen molar-refractivity contribution in [2.45, 2.75) is 11.3 Å². The Morgan fingerprint density at radius 1 is 1.10 bits per heavy atom. The number of nitrogens with zero attached hydrogens (tertiary/aromatic N) is 1.